The quantitative estimate of drug-likeness (QED) is 0.812. The third-order valence-electron chi connectivity index (χ3n) is 3.31. The molecule has 2 aromatic carbocycles. The van der Waals surface area contributed by atoms with Gasteiger partial charge in [-0.05, 0) is 51.7 Å². The van der Waals surface area contributed by atoms with E-state index in [0.717, 1.165) is 16.6 Å². The monoisotopic (exact) mass is 352 g/mol. The van der Waals surface area contributed by atoms with Gasteiger partial charge in [0.25, 0.3) is 0 Å². The summed E-state index contributed by atoms with van der Waals surface area (Å²) in [6.45, 7) is 2.69. The average Bonchev–Trinajstić information content (AvgIpc) is 2.48. The van der Waals surface area contributed by atoms with Crippen molar-refractivity contribution in [2.75, 3.05) is 11.9 Å². The van der Waals surface area contributed by atoms with Crippen LogP contribution in [0.1, 0.15) is 24.1 Å². The number of halogens is 2. The van der Waals surface area contributed by atoms with E-state index < -0.39 is 0 Å². The van der Waals surface area contributed by atoms with Gasteiger partial charge in [-0.25, -0.2) is 0 Å². The molecule has 106 valence electrons. The van der Waals surface area contributed by atoms with E-state index in [-0.39, 0.29) is 6.04 Å². The van der Waals surface area contributed by atoms with E-state index in [9.17, 15) is 0 Å². The van der Waals surface area contributed by atoms with E-state index in [1.807, 2.05) is 24.3 Å². The minimum Gasteiger partial charge on any atom is -0.377 e. The smallest absolute Gasteiger partial charge is 0.0638 e. The third kappa shape index (κ3) is 3.54. The first-order valence-electron chi connectivity index (χ1n) is 6.65. The van der Waals surface area contributed by atoms with Crippen LogP contribution < -0.4 is 11.1 Å². The van der Waals surface area contributed by atoms with Gasteiger partial charge < -0.3 is 11.1 Å². The van der Waals surface area contributed by atoms with Crippen LogP contribution in [0.4, 0.5) is 5.69 Å². The van der Waals surface area contributed by atoms with Gasteiger partial charge in [0.1, 0.15) is 0 Å². The number of anilines is 1. The first-order valence-corrected chi connectivity index (χ1v) is 7.82. The minimum absolute atomic E-state index is 0.0865. The lowest BCUT2D eigenvalue weighted by molar-refractivity contribution is 0.777. The molecule has 20 heavy (non-hydrogen) atoms. The second-order valence-electron chi connectivity index (χ2n) is 4.61. The van der Waals surface area contributed by atoms with Gasteiger partial charge in [-0.15, -0.1) is 0 Å². The van der Waals surface area contributed by atoms with Crippen LogP contribution in [0.2, 0.25) is 5.02 Å². The zero-order chi connectivity index (χ0) is 14.5. The number of hydrogen-bond donors (Lipinski definition) is 2. The highest BCUT2D eigenvalue weighted by molar-refractivity contribution is 9.10. The van der Waals surface area contributed by atoms with Crippen LogP contribution in [0, 0.1) is 0 Å². The molecule has 1 atom stereocenters. The molecule has 0 heterocycles. The number of rotatable bonds is 5. The maximum atomic E-state index is 6.13. The van der Waals surface area contributed by atoms with Gasteiger partial charge in [0, 0.05) is 16.7 Å². The second-order valence-corrected chi connectivity index (χ2v) is 5.88. The molecule has 0 aliphatic heterocycles. The van der Waals surface area contributed by atoms with Crippen molar-refractivity contribution >= 4 is 33.2 Å². The fourth-order valence-corrected chi connectivity index (χ4v) is 2.67. The lowest BCUT2D eigenvalue weighted by Gasteiger charge is -2.21. The molecular weight excluding hydrogens is 336 g/mol. The number of benzene rings is 2. The normalized spacial score (nSPS) is 12.2. The van der Waals surface area contributed by atoms with Crippen LogP contribution in [0.5, 0.6) is 0 Å². The number of nitrogens with one attached hydrogen (secondary N) is 1. The molecule has 0 saturated carbocycles. The summed E-state index contributed by atoms with van der Waals surface area (Å²) in [5, 5.41) is 4.15. The first kappa shape index (κ1) is 15.4. The molecule has 0 bridgehead atoms. The summed E-state index contributed by atoms with van der Waals surface area (Å²) in [7, 11) is 0. The molecule has 4 heteroatoms. The fourth-order valence-electron chi connectivity index (χ4n) is 2.25. The molecule has 2 rings (SSSR count). The Morgan fingerprint density at radius 2 is 2.00 bits per heavy atom. The molecule has 0 amide bonds. The highest BCUT2D eigenvalue weighted by Gasteiger charge is 2.13. The average molecular weight is 354 g/mol. The number of aryl methyl sites for hydroxylation is 1. The lowest BCUT2D eigenvalue weighted by atomic mass is 9.98. The Hall–Kier alpha value is -1.03. The Morgan fingerprint density at radius 3 is 2.65 bits per heavy atom. The van der Waals surface area contributed by atoms with Gasteiger partial charge >= 0.3 is 0 Å². The van der Waals surface area contributed by atoms with Crippen molar-refractivity contribution in [1.82, 2.24) is 0 Å². The Labute approximate surface area is 133 Å². The number of hydrogen-bond acceptors (Lipinski definition) is 2. The molecule has 0 fully saturated rings. The first-order chi connectivity index (χ1) is 9.65. The van der Waals surface area contributed by atoms with E-state index in [2.05, 4.69) is 46.4 Å². The summed E-state index contributed by atoms with van der Waals surface area (Å²) < 4.78 is 0.892. The van der Waals surface area contributed by atoms with E-state index in [0.29, 0.717) is 11.6 Å². The summed E-state index contributed by atoms with van der Waals surface area (Å²) in [6.07, 6.45) is 0.995. The highest BCUT2D eigenvalue weighted by Crippen LogP contribution is 2.28. The Balaban J connectivity index is 2.26. The van der Waals surface area contributed by atoms with Gasteiger partial charge in [0.05, 0.1) is 11.1 Å². The molecule has 1 unspecified atom stereocenters. The van der Waals surface area contributed by atoms with Crippen molar-refractivity contribution in [3.8, 4) is 0 Å². The predicted molar refractivity (Wildman–Crippen MR) is 90.4 cm³/mol. The van der Waals surface area contributed by atoms with Crippen LogP contribution in [-0.2, 0) is 6.42 Å². The van der Waals surface area contributed by atoms with E-state index in [1.165, 1.54) is 11.1 Å². The van der Waals surface area contributed by atoms with Gasteiger partial charge in [-0.1, -0.05) is 42.8 Å². The molecule has 0 aliphatic carbocycles. The SMILES string of the molecule is CCc1ccccc1C(CN)Nc1ccc(Br)c(Cl)c1. The molecule has 3 N–H and O–H groups in total. The van der Waals surface area contributed by atoms with Crippen LogP contribution in [-0.4, -0.2) is 6.54 Å². The minimum atomic E-state index is 0.0865. The maximum absolute atomic E-state index is 6.13. The lowest BCUT2D eigenvalue weighted by Crippen LogP contribution is -2.21. The highest BCUT2D eigenvalue weighted by atomic mass is 79.9. The molecule has 0 spiro atoms. The van der Waals surface area contributed by atoms with E-state index in [4.69, 9.17) is 17.3 Å². The van der Waals surface area contributed by atoms with Crippen LogP contribution in [0.3, 0.4) is 0 Å². The molecule has 0 saturated heterocycles. The zero-order valence-electron chi connectivity index (χ0n) is 11.4. The Bertz CT molecular complexity index is 586. The van der Waals surface area contributed by atoms with Gasteiger partial charge in [0.15, 0.2) is 0 Å². The number of nitrogens with two attached hydrogens (primary N) is 1. The van der Waals surface area contributed by atoms with Gasteiger partial charge in [-0.2, -0.15) is 0 Å². The van der Waals surface area contributed by atoms with Crippen molar-refractivity contribution in [2.45, 2.75) is 19.4 Å². The largest absolute Gasteiger partial charge is 0.377 e. The molecule has 2 nitrogen and oxygen atoms in total. The predicted octanol–water partition coefficient (Wildman–Crippen LogP) is 4.78. The molecule has 0 radical (unpaired) electrons. The Kier molecular flexibility index (Phi) is 5.46. The Morgan fingerprint density at radius 1 is 1.25 bits per heavy atom. The molecular formula is C16H18BrClN2. The van der Waals surface area contributed by atoms with E-state index >= 15 is 0 Å². The summed E-state index contributed by atoms with van der Waals surface area (Å²) in [5.41, 5.74) is 9.48. The van der Waals surface area contributed by atoms with Gasteiger partial charge in [0.2, 0.25) is 0 Å². The summed E-state index contributed by atoms with van der Waals surface area (Å²) in [5.74, 6) is 0. The standard InChI is InChI=1S/C16H18BrClN2/c1-2-11-5-3-4-6-13(11)16(10-19)20-12-7-8-14(17)15(18)9-12/h3-9,16,20H,2,10,19H2,1H3. The zero-order valence-corrected chi connectivity index (χ0v) is 13.7. The summed E-state index contributed by atoms with van der Waals surface area (Å²) >= 11 is 9.52. The van der Waals surface area contributed by atoms with Crippen molar-refractivity contribution in [2.24, 2.45) is 5.73 Å². The van der Waals surface area contributed by atoms with E-state index in [1.54, 1.807) is 0 Å². The summed E-state index contributed by atoms with van der Waals surface area (Å²) in [4.78, 5) is 0. The molecule has 0 aromatic heterocycles. The van der Waals surface area contributed by atoms with Gasteiger partial charge in [-0.3, -0.25) is 0 Å². The van der Waals surface area contributed by atoms with Crippen molar-refractivity contribution in [3.63, 3.8) is 0 Å². The third-order valence-corrected chi connectivity index (χ3v) is 4.54. The molecule has 2 aromatic rings. The van der Waals surface area contributed by atoms with Crippen molar-refractivity contribution in [3.05, 3.63) is 63.1 Å². The van der Waals surface area contributed by atoms with Crippen LogP contribution in [0.15, 0.2) is 46.9 Å². The topological polar surface area (TPSA) is 38.0 Å². The summed E-state index contributed by atoms with van der Waals surface area (Å²) in [6, 6.07) is 14.3. The van der Waals surface area contributed by atoms with Crippen LogP contribution >= 0.6 is 27.5 Å². The van der Waals surface area contributed by atoms with Crippen molar-refractivity contribution in [1.29, 1.82) is 0 Å². The molecule has 0 aliphatic rings. The fraction of sp³-hybridized carbons (Fsp3) is 0.250. The van der Waals surface area contributed by atoms with Crippen molar-refractivity contribution < 1.29 is 0 Å². The van der Waals surface area contributed by atoms with Crippen LogP contribution in [0.25, 0.3) is 0 Å². The second kappa shape index (κ2) is 7.11. The maximum Gasteiger partial charge on any atom is 0.0638 e.